The summed E-state index contributed by atoms with van der Waals surface area (Å²) < 4.78 is 11.0. The molecular formula is C18H32N2O2. The van der Waals surface area contributed by atoms with E-state index < -0.39 is 0 Å². The normalized spacial score (nSPS) is 11.1. The third-order valence-electron chi connectivity index (χ3n) is 3.31. The Morgan fingerprint density at radius 1 is 1.18 bits per heavy atom. The number of aryl methyl sites for hydroxylation is 1. The first-order chi connectivity index (χ1) is 10.6. The van der Waals surface area contributed by atoms with E-state index in [0.29, 0.717) is 12.5 Å². The Hall–Kier alpha value is -1.26. The summed E-state index contributed by atoms with van der Waals surface area (Å²) in [4.78, 5) is 0. The molecule has 126 valence electrons. The molecule has 3 N–H and O–H groups in total. The maximum absolute atomic E-state index is 6.05. The summed E-state index contributed by atoms with van der Waals surface area (Å²) in [7, 11) is 0. The fourth-order valence-corrected chi connectivity index (χ4v) is 2.13. The molecule has 0 aliphatic heterocycles. The van der Waals surface area contributed by atoms with Crippen molar-refractivity contribution in [3.05, 3.63) is 23.8 Å². The van der Waals surface area contributed by atoms with Gasteiger partial charge in [-0.2, -0.15) is 0 Å². The van der Waals surface area contributed by atoms with Crippen molar-refractivity contribution in [1.29, 1.82) is 0 Å². The van der Waals surface area contributed by atoms with Gasteiger partial charge in [0, 0.05) is 13.2 Å². The molecule has 22 heavy (non-hydrogen) atoms. The highest BCUT2D eigenvalue weighted by atomic mass is 16.5. The maximum Gasteiger partial charge on any atom is 0.142 e. The average Bonchev–Trinajstić information content (AvgIpc) is 2.49. The summed E-state index contributed by atoms with van der Waals surface area (Å²) in [6.07, 6.45) is 3.22. The molecular weight excluding hydrogens is 276 g/mol. The van der Waals surface area contributed by atoms with Crippen molar-refractivity contribution in [2.45, 2.75) is 40.0 Å². The van der Waals surface area contributed by atoms with Gasteiger partial charge in [0.05, 0.1) is 12.3 Å². The predicted octanol–water partition coefficient (Wildman–Crippen LogP) is 3.25. The number of anilines is 1. The van der Waals surface area contributed by atoms with Crippen LogP contribution in [0.3, 0.4) is 0 Å². The van der Waals surface area contributed by atoms with Gasteiger partial charge in [0.2, 0.25) is 0 Å². The van der Waals surface area contributed by atoms with E-state index in [4.69, 9.17) is 15.2 Å². The second kappa shape index (κ2) is 11.3. The predicted molar refractivity (Wildman–Crippen MR) is 93.5 cm³/mol. The van der Waals surface area contributed by atoms with E-state index in [9.17, 15) is 0 Å². The van der Waals surface area contributed by atoms with Gasteiger partial charge in [-0.1, -0.05) is 19.9 Å². The lowest BCUT2D eigenvalue weighted by Crippen LogP contribution is -2.18. The molecule has 4 heteroatoms. The SMILES string of the molecule is CCOCCCNCCCc1ccc(OCC(C)C)c(N)c1. The molecule has 0 amide bonds. The number of hydrogen-bond acceptors (Lipinski definition) is 4. The lowest BCUT2D eigenvalue weighted by Gasteiger charge is -2.12. The molecule has 0 spiro atoms. The Kier molecular flexibility index (Phi) is 9.67. The quantitative estimate of drug-likeness (QED) is 0.460. The van der Waals surface area contributed by atoms with Gasteiger partial charge in [-0.25, -0.2) is 0 Å². The number of ether oxygens (including phenoxy) is 2. The zero-order valence-electron chi connectivity index (χ0n) is 14.4. The smallest absolute Gasteiger partial charge is 0.142 e. The second-order valence-electron chi connectivity index (χ2n) is 5.98. The van der Waals surface area contributed by atoms with Gasteiger partial charge in [-0.05, 0) is 62.9 Å². The van der Waals surface area contributed by atoms with Crippen LogP contribution in [0.2, 0.25) is 0 Å². The van der Waals surface area contributed by atoms with Crippen LogP contribution in [0.1, 0.15) is 39.2 Å². The van der Waals surface area contributed by atoms with Gasteiger partial charge in [-0.3, -0.25) is 0 Å². The molecule has 1 aromatic rings. The van der Waals surface area contributed by atoms with Gasteiger partial charge in [0.15, 0.2) is 0 Å². The summed E-state index contributed by atoms with van der Waals surface area (Å²) >= 11 is 0. The molecule has 0 heterocycles. The van der Waals surface area contributed by atoms with E-state index in [0.717, 1.165) is 57.0 Å². The Morgan fingerprint density at radius 2 is 1.95 bits per heavy atom. The third-order valence-corrected chi connectivity index (χ3v) is 3.31. The van der Waals surface area contributed by atoms with E-state index in [1.807, 2.05) is 19.1 Å². The van der Waals surface area contributed by atoms with Crippen molar-refractivity contribution >= 4 is 5.69 Å². The van der Waals surface area contributed by atoms with Crippen LogP contribution in [0.5, 0.6) is 5.75 Å². The summed E-state index contributed by atoms with van der Waals surface area (Å²) in [5, 5.41) is 3.44. The Bertz CT molecular complexity index is 408. The highest BCUT2D eigenvalue weighted by Gasteiger charge is 2.03. The van der Waals surface area contributed by atoms with Crippen LogP contribution in [0, 0.1) is 5.92 Å². The number of rotatable bonds is 12. The molecule has 0 bridgehead atoms. The third kappa shape index (κ3) is 8.25. The molecule has 0 saturated carbocycles. The molecule has 0 atom stereocenters. The van der Waals surface area contributed by atoms with Crippen LogP contribution in [0.25, 0.3) is 0 Å². The van der Waals surface area contributed by atoms with Crippen LogP contribution < -0.4 is 15.8 Å². The number of hydrogen-bond donors (Lipinski definition) is 2. The minimum atomic E-state index is 0.507. The minimum absolute atomic E-state index is 0.507. The van der Waals surface area contributed by atoms with E-state index in [-0.39, 0.29) is 0 Å². The zero-order chi connectivity index (χ0) is 16.2. The Morgan fingerprint density at radius 3 is 2.64 bits per heavy atom. The van der Waals surface area contributed by atoms with E-state index in [2.05, 4.69) is 25.2 Å². The molecule has 0 aromatic heterocycles. The number of benzene rings is 1. The van der Waals surface area contributed by atoms with Crippen molar-refractivity contribution < 1.29 is 9.47 Å². The van der Waals surface area contributed by atoms with Crippen molar-refractivity contribution in [3.63, 3.8) is 0 Å². The first-order valence-corrected chi connectivity index (χ1v) is 8.43. The number of nitrogens with two attached hydrogens (primary N) is 1. The first-order valence-electron chi connectivity index (χ1n) is 8.43. The molecule has 4 nitrogen and oxygen atoms in total. The van der Waals surface area contributed by atoms with Gasteiger partial charge >= 0.3 is 0 Å². The Balaban J connectivity index is 2.19. The topological polar surface area (TPSA) is 56.5 Å². The minimum Gasteiger partial charge on any atom is -0.491 e. The summed E-state index contributed by atoms with van der Waals surface area (Å²) in [6.45, 7) is 10.7. The van der Waals surface area contributed by atoms with Gasteiger partial charge in [0.1, 0.15) is 5.75 Å². The van der Waals surface area contributed by atoms with Crippen molar-refractivity contribution in [1.82, 2.24) is 5.32 Å². The molecule has 1 aromatic carbocycles. The lowest BCUT2D eigenvalue weighted by atomic mass is 10.1. The largest absolute Gasteiger partial charge is 0.491 e. The van der Waals surface area contributed by atoms with Gasteiger partial charge in [-0.15, -0.1) is 0 Å². The molecule has 0 aliphatic carbocycles. The lowest BCUT2D eigenvalue weighted by molar-refractivity contribution is 0.145. The fraction of sp³-hybridized carbons (Fsp3) is 0.667. The monoisotopic (exact) mass is 308 g/mol. The van der Waals surface area contributed by atoms with Crippen LogP contribution in [-0.4, -0.2) is 32.9 Å². The maximum atomic E-state index is 6.05. The molecule has 0 unspecified atom stereocenters. The molecule has 0 saturated heterocycles. The molecule has 0 radical (unpaired) electrons. The fourth-order valence-electron chi connectivity index (χ4n) is 2.13. The number of nitrogens with one attached hydrogen (secondary N) is 1. The van der Waals surface area contributed by atoms with Gasteiger partial charge < -0.3 is 20.5 Å². The second-order valence-corrected chi connectivity index (χ2v) is 5.98. The van der Waals surface area contributed by atoms with Crippen molar-refractivity contribution in [2.24, 2.45) is 5.92 Å². The summed E-state index contributed by atoms with van der Waals surface area (Å²) in [5.41, 5.74) is 8.06. The molecule has 1 rings (SSSR count). The first kappa shape index (κ1) is 18.8. The van der Waals surface area contributed by atoms with Crippen LogP contribution in [0.15, 0.2) is 18.2 Å². The van der Waals surface area contributed by atoms with Crippen LogP contribution in [0.4, 0.5) is 5.69 Å². The van der Waals surface area contributed by atoms with Crippen molar-refractivity contribution in [3.8, 4) is 5.75 Å². The molecule has 0 aliphatic rings. The van der Waals surface area contributed by atoms with Crippen molar-refractivity contribution in [2.75, 3.05) is 38.6 Å². The summed E-state index contributed by atoms with van der Waals surface area (Å²) in [5.74, 6) is 1.30. The summed E-state index contributed by atoms with van der Waals surface area (Å²) in [6, 6.07) is 6.13. The van der Waals surface area contributed by atoms with Crippen LogP contribution in [-0.2, 0) is 11.2 Å². The van der Waals surface area contributed by atoms with Crippen LogP contribution >= 0.6 is 0 Å². The van der Waals surface area contributed by atoms with Gasteiger partial charge in [0.25, 0.3) is 0 Å². The molecule has 0 fully saturated rings. The highest BCUT2D eigenvalue weighted by Crippen LogP contribution is 2.23. The average molecular weight is 308 g/mol. The van der Waals surface area contributed by atoms with E-state index in [1.54, 1.807) is 0 Å². The standard InChI is InChI=1S/C18H32N2O2/c1-4-21-12-6-11-20-10-5-7-16-8-9-18(17(19)13-16)22-14-15(2)3/h8-9,13,15,20H,4-7,10-12,14,19H2,1-3H3. The highest BCUT2D eigenvalue weighted by molar-refractivity contribution is 5.54. The van der Waals surface area contributed by atoms with E-state index >= 15 is 0 Å². The number of nitrogen functional groups attached to an aromatic ring is 1. The zero-order valence-corrected chi connectivity index (χ0v) is 14.4. The van der Waals surface area contributed by atoms with E-state index in [1.165, 1.54) is 5.56 Å². The Labute approximate surface area is 135 Å².